The van der Waals surface area contributed by atoms with Crippen LogP contribution in [0.15, 0.2) is 77.6 Å². The van der Waals surface area contributed by atoms with Gasteiger partial charge in [-0.25, -0.2) is 4.98 Å². The molecule has 1 amide bonds. The number of fused-ring (bicyclic) bond motifs is 1. The first-order valence-electron chi connectivity index (χ1n) is 10.7. The zero-order valence-electron chi connectivity index (χ0n) is 18.1. The number of carbonyl (C=O) groups is 1. The van der Waals surface area contributed by atoms with Crippen LogP contribution >= 0.6 is 22.7 Å². The fourth-order valence-electron chi connectivity index (χ4n) is 3.97. The smallest absolute Gasteiger partial charge is 0.226 e. The molecule has 2 aromatic carbocycles. The van der Waals surface area contributed by atoms with Gasteiger partial charge in [0.05, 0.1) is 24.1 Å². The number of amides is 1. The van der Waals surface area contributed by atoms with Crippen LogP contribution in [0.3, 0.4) is 0 Å². The molecule has 33 heavy (non-hydrogen) atoms. The van der Waals surface area contributed by atoms with E-state index in [9.17, 15) is 4.79 Å². The van der Waals surface area contributed by atoms with Crippen molar-refractivity contribution in [2.45, 2.75) is 12.3 Å². The van der Waals surface area contributed by atoms with Crippen molar-refractivity contribution in [1.82, 2.24) is 15.3 Å². The van der Waals surface area contributed by atoms with Gasteiger partial charge in [0.15, 0.2) is 0 Å². The lowest BCUT2D eigenvalue weighted by Crippen LogP contribution is -2.30. The minimum Gasteiger partial charge on any atom is -0.497 e. The van der Waals surface area contributed by atoms with Gasteiger partial charge in [-0.05, 0) is 40.8 Å². The van der Waals surface area contributed by atoms with Gasteiger partial charge in [-0.15, -0.1) is 22.7 Å². The summed E-state index contributed by atoms with van der Waals surface area (Å²) >= 11 is 3.23. The zero-order valence-corrected chi connectivity index (χ0v) is 19.7. The number of nitrogens with zero attached hydrogens (tertiary/aromatic N) is 1. The summed E-state index contributed by atoms with van der Waals surface area (Å²) in [6.45, 7) is 0.495. The third kappa shape index (κ3) is 4.69. The Morgan fingerprint density at radius 3 is 2.73 bits per heavy atom. The van der Waals surface area contributed by atoms with Crippen LogP contribution in [0.5, 0.6) is 5.75 Å². The summed E-state index contributed by atoms with van der Waals surface area (Å²) < 4.78 is 5.32. The van der Waals surface area contributed by atoms with E-state index in [0.717, 1.165) is 43.4 Å². The Kier molecular flexibility index (Phi) is 6.24. The summed E-state index contributed by atoms with van der Waals surface area (Å²) in [5.74, 6) is 0.787. The van der Waals surface area contributed by atoms with E-state index in [1.807, 2.05) is 53.4 Å². The third-order valence-electron chi connectivity index (χ3n) is 5.64. The van der Waals surface area contributed by atoms with E-state index in [-0.39, 0.29) is 18.2 Å². The van der Waals surface area contributed by atoms with Crippen LogP contribution < -0.4 is 10.1 Å². The molecule has 3 aromatic heterocycles. The van der Waals surface area contributed by atoms with Crippen molar-refractivity contribution < 1.29 is 9.53 Å². The number of aromatic amines is 1. The van der Waals surface area contributed by atoms with Gasteiger partial charge in [-0.1, -0.05) is 36.4 Å². The Morgan fingerprint density at radius 2 is 1.94 bits per heavy atom. The fourth-order valence-corrected chi connectivity index (χ4v) is 5.60. The van der Waals surface area contributed by atoms with Crippen LogP contribution in [0.1, 0.15) is 22.7 Å². The quantitative estimate of drug-likeness (QED) is 0.297. The Bertz CT molecular complexity index is 1350. The average Bonchev–Trinajstić information content (AvgIpc) is 3.61. The molecule has 166 valence electrons. The van der Waals surface area contributed by atoms with Crippen molar-refractivity contribution in [3.05, 3.63) is 94.4 Å². The minimum absolute atomic E-state index is 0.00752. The van der Waals surface area contributed by atoms with Crippen LogP contribution in [0.25, 0.3) is 20.8 Å². The molecule has 0 aliphatic rings. The molecular formula is C26H23N3O2S2. The van der Waals surface area contributed by atoms with E-state index in [1.165, 1.54) is 0 Å². The van der Waals surface area contributed by atoms with Gasteiger partial charge in [0, 0.05) is 34.9 Å². The minimum atomic E-state index is -0.0311. The number of benzene rings is 2. The number of thiazole rings is 1. The molecule has 5 nitrogen and oxygen atoms in total. The molecule has 5 rings (SSSR count). The van der Waals surface area contributed by atoms with E-state index in [4.69, 9.17) is 4.74 Å². The van der Waals surface area contributed by atoms with Gasteiger partial charge in [0.2, 0.25) is 5.91 Å². The summed E-state index contributed by atoms with van der Waals surface area (Å²) in [5.41, 5.74) is 4.16. The maximum absolute atomic E-state index is 12.8. The van der Waals surface area contributed by atoms with Crippen molar-refractivity contribution in [1.29, 1.82) is 0 Å². The number of hydrogen-bond acceptors (Lipinski definition) is 5. The van der Waals surface area contributed by atoms with Crippen molar-refractivity contribution in [3.63, 3.8) is 0 Å². The molecule has 0 saturated carbocycles. The molecule has 7 heteroatoms. The summed E-state index contributed by atoms with van der Waals surface area (Å²) in [4.78, 5) is 21.9. The van der Waals surface area contributed by atoms with Gasteiger partial charge >= 0.3 is 0 Å². The van der Waals surface area contributed by atoms with Gasteiger partial charge in [0.1, 0.15) is 10.8 Å². The second-order valence-corrected chi connectivity index (χ2v) is 9.52. The predicted octanol–water partition coefficient (Wildman–Crippen LogP) is 5.85. The van der Waals surface area contributed by atoms with Crippen LogP contribution in [-0.2, 0) is 11.2 Å². The van der Waals surface area contributed by atoms with Crippen LogP contribution in [0.2, 0.25) is 0 Å². The largest absolute Gasteiger partial charge is 0.497 e. The first kappa shape index (κ1) is 21.4. The first-order valence-corrected chi connectivity index (χ1v) is 12.4. The van der Waals surface area contributed by atoms with E-state index in [1.54, 1.807) is 29.8 Å². The molecule has 1 atom stereocenters. The normalized spacial score (nSPS) is 12.0. The summed E-state index contributed by atoms with van der Waals surface area (Å²) in [6.07, 6.45) is 2.31. The fraction of sp³-hybridized carbons (Fsp3) is 0.154. The number of nitrogens with one attached hydrogen (secondary N) is 2. The molecule has 5 aromatic rings. The monoisotopic (exact) mass is 473 g/mol. The molecule has 0 spiro atoms. The maximum Gasteiger partial charge on any atom is 0.226 e. The third-order valence-corrected chi connectivity index (χ3v) is 7.57. The number of aromatic nitrogens is 2. The molecule has 1 unspecified atom stereocenters. The standard InChI is InChI=1S/C26H23N3O2S2/c1-31-19-10-8-17(9-11-19)21(22-15-27-23-6-3-2-5-20(22)23)14-28-25(30)13-18-16-33-26(29-18)24-7-4-12-32-24/h2-12,15-16,21,27H,13-14H2,1H3,(H,28,30). The van der Waals surface area contributed by atoms with Crippen LogP contribution in [0.4, 0.5) is 0 Å². The van der Waals surface area contributed by atoms with Gasteiger partial charge < -0.3 is 15.0 Å². The molecule has 0 aliphatic heterocycles. The molecule has 0 saturated heterocycles. The number of H-pyrrole nitrogens is 1. The molecule has 3 heterocycles. The molecule has 0 aliphatic carbocycles. The topological polar surface area (TPSA) is 67.0 Å². The number of carbonyl (C=O) groups excluding carboxylic acids is 1. The second kappa shape index (κ2) is 9.60. The Hall–Kier alpha value is -3.42. The summed E-state index contributed by atoms with van der Waals surface area (Å²) in [7, 11) is 1.66. The van der Waals surface area contributed by atoms with Crippen molar-refractivity contribution in [2.75, 3.05) is 13.7 Å². The van der Waals surface area contributed by atoms with E-state index in [2.05, 4.69) is 39.6 Å². The van der Waals surface area contributed by atoms with E-state index in [0.29, 0.717) is 6.54 Å². The van der Waals surface area contributed by atoms with Gasteiger partial charge in [-0.3, -0.25) is 4.79 Å². The first-order chi connectivity index (χ1) is 16.2. The molecule has 0 fully saturated rings. The Labute approximate surface area is 200 Å². The highest BCUT2D eigenvalue weighted by Gasteiger charge is 2.20. The number of para-hydroxylation sites is 1. The highest BCUT2D eigenvalue weighted by Crippen LogP contribution is 2.32. The molecular weight excluding hydrogens is 450 g/mol. The van der Waals surface area contributed by atoms with Crippen LogP contribution in [0, 0.1) is 0 Å². The van der Waals surface area contributed by atoms with Crippen molar-refractivity contribution in [3.8, 4) is 15.6 Å². The zero-order chi connectivity index (χ0) is 22.6. The lowest BCUT2D eigenvalue weighted by molar-refractivity contribution is -0.120. The van der Waals surface area contributed by atoms with Crippen molar-refractivity contribution >= 4 is 39.5 Å². The number of methoxy groups -OCH3 is 1. The number of ether oxygens (including phenoxy) is 1. The predicted molar refractivity (Wildman–Crippen MR) is 135 cm³/mol. The molecule has 0 radical (unpaired) electrons. The highest BCUT2D eigenvalue weighted by molar-refractivity contribution is 7.20. The van der Waals surface area contributed by atoms with Gasteiger partial charge in [-0.2, -0.15) is 0 Å². The van der Waals surface area contributed by atoms with Gasteiger partial charge in [0.25, 0.3) is 0 Å². The Balaban J connectivity index is 1.34. The second-order valence-electron chi connectivity index (χ2n) is 7.72. The highest BCUT2D eigenvalue weighted by atomic mass is 32.1. The molecule has 0 bridgehead atoms. The maximum atomic E-state index is 12.8. The average molecular weight is 474 g/mol. The summed E-state index contributed by atoms with van der Waals surface area (Å²) in [6, 6.07) is 20.3. The SMILES string of the molecule is COc1ccc(C(CNC(=O)Cc2csc(-c3cccs3)n2)c2c[nH]c3ccccc23)cc1. The van der Waals surface area contributed by atoms with E-state index >= 15 is 0 Å². The summed E-state index contributed by atoms with van der Waals surface area (Å²) in [5, 5.41) is 9.26. The van der Waals surface area contributed by atoms with Crippen molar-refractivity contribution in [2.24, 2.45) is 0 Å². The number of thiophene rings is 1. The van der Waals surface area contributed by atoms with Crippen LogP contribution in [-0.4, -0.2) is 29.5 Å². The number of rotatable bonds is 8. The lowest BCUT2D eigenvalue weighted by atomic mass is 9.90. The number of hydrogen-bond donors (Lipinski definition) is 2. The lowest BCUT2D eigenvalue weighted by Gasteiger charge is -2.18. The Morgan fingerprint density at radius 1 is 1.09 bits per heavy atom. The van der Waals surface area contributed by atoms with E-state index < -0.39 is 0 Å². The molecule has 2 N–H and O–H groups in total.